The number of nitrogens with zero attached hydrogens (tertiary/aromatic N) is 2. The molecule has 0 bridgehead atoms. The Hall–Kier alpha value is -2.59. The summed E-state index contributed by atoms with van der Waals surface area (Å²) in [6.07, 6.45) is -4.67. The molecular weight excluding hydrogens is 469 g/mol. The molecule has 0 aromatic heterocycles. The minimum absolute atomic E-state index is 0.0849. The lowest BCUT2D eigenvalue weighted by atomic mass is 10.1. The highest BCUT2D eigenvalue weighted by Gasteiger charge is 2.31. The van der Waals surface area contributed by atoms with Crippen LogP contribution in [0.2, 0.25) is 5.02 Å². The number of amides is 2. The summed E-state index contributed by atoms with van der Waals surface area (Å²) >= 11 is 5.76. The van der Waals surface area contributed by atoms with E-state index in [1.807, 2.05) is 0 Å². The molecule has 11 heteroatoms. The Labute approximate surface area is 188 Å². The van der Waals surface area contributed by atoms with E-state index in [9.17, 15) is 31.2 Å². The molecule has 6 nitrogen and oxygen atoms in total. The lowest BCUT2D eigenvalue weighted by Gasteiger charge is -2.35. The first-order valence-corrected chi connectivity index (χ1v) is 11.7. The van der Waals surface area contributed by atoms with Crippen LogP contribution in [0.1, 0.15) is 22.3 Å². The van der Waals surface area contributed by atoms with Gasteiger partial charge in [0, 0.05) is 43.2 Å². The molecule has 0 unspecified atom stereocenters. The summed E-state index contributed by atoms with van der Waals surface area (Å²) in [5.74, 6) is -1.11. The van der Waals surface area contributed by atoms with Crippen molar-refractivity contribution in [3.8, 4) is 0 Å². The summed E-state index contributed by atoms with van der Waals surface area (Å²) in [7, 11) is -3.64. The van der Waals surface area contributed by atoms with Crippen LogP contribution in [0.5, 0.6) is 0 Å². The Morgan fingerprint density at radius 3 is 1.94 bits per heavy atom. The van der Waals surface area contributed by atoms with Gasteiger partial charge in [0.1, 0.15) is 0 Å². The van der Waals surface area contributed by atoms with Gasteiger partial charge in [-0.15, -0.1) is 0 Å². The number of rotatable bonds is 5. The van der Waals surface area contributed by atoms with Crippen LogP contribution in [-0.4, -0.2) is 62.0 Å². The second kappa shape index (κ2) is 9.50. The molecule has 2 aromatic rings. The maximum absolute atomic E-state index is 12.7. The lowest BCUT2D eigenvalue weighted by molar-refractivity contribution is -0.137. The van der Waals surface area contributed by atoms with Crippen molar-refractivity contribution in [1.29, 1.82) is 0 Å². The maximum atomic E-state index is 12.7. The summed E-state index contributed by atoms with van der Waals surface area (Å²) in [5, 5.41) is 0.406. The molecule has 0 spiro atoms. The first-order valence-electron chi connectivity index (χ1n) is 9.70. The zero-order valence-corrected chi connectivity index (χ0v) is 18.4. The maximum Gasteiger partial charge on any atom is 0.416 e. The Balaban J connectivity index is 1.52. The van der Waals surface area contributed by atoms with E-state index >= 15 is 0 Å². The van der Waals surface area contributed by atoms with Gasteiger partial charge in [-0.05, 0) is 48.5 Å². The fraction of sp³-hybridized carbons (Fsp3) is 0.333. The van der Waals surface area contributed by atoms with Crippen LogP contribution in [0.4, 0.5) is 13.2 Å². The fourth-order valence-electron chi connectivity index (χ4n) is 3.28. The Kier molecular flexibility index (Phi) is 7.14. The molecule has 1 saturated heterocycles. The second-order valence-electron chi connectivity index (χ2n) is 7.27. The molecular formula is C21H20ClF3N2O4S. The van der Waals surface area contributed by atoms with Crippen LogP contribution in [0, 0.1) is 0 Å². The highest BCUT2D eigenvalue weighted by atomic mass is 35.5. The zero-order chi connectivity index (χ0) is 23.5. The summed E-state index contributed by atoms with van der Waals surface area (Å²) in [6, 6.07) is 9.66. The van der Waals surface area contributed by atoms with Gasteiger partial charge >= 0.3 is 6.18 Å². The fourth-order valence-corrected chi connectivity index (χ4v) is 4.64. The molecule has 172 valence electrons. The molecule has 3 rings (SSSR count). The molecule has 32 heavy (non-hydrogen) atoms. The van der Waals surface area contributed by atoms with Gasteiger partial charge in [0.25, 0.3) is 5.91 Å². The summed E-state index contributed by atoms with van der Waals surface area (Å²) in [4.78, 5) is 28.0. The van der Waals surface area contributed by atoms with E-state index < -0.39 is 27.5 Å². The number of piperazine rings is 1. The van der Waals surface area contributed by atoms with Crippen molar-refractivity contribution < 1.29 is 31.2 Å². The number of benzene rings is 2. The van der Waals surface area contributed by atoms with Gasteiger partial charge in [-0.25, -0.2) is 8.42 Å². The molecule has 1 fully saturated rings. The number of halogens is 4. The van der Waals surface area contributed by atoms with Crippen molar-refractivity contribution in [1.82, 2.24) is 9.80 Å². The van der Waals surface area contributed by atoms with Gasteiger partial charge in [0.2, 0.25) is 5.91 Å². The van der Waals surface area contributed by atoms with E-state index in [0.29, 0.717) is 5.02 Å². The Morgan fingerprint density at radius 1 is 0.875 bits per heavy atom. The minimum atomic E-state index is -4.48. The molecule has 1 aliphatic heterocycles. The van der Waals surface area contributed by atoms with Crippen molar-refractivity contribution in [3.05, 3.63) is 64.7 Å². The molecule has 0 atom stereocenters. The molecule has 2 aromatic carbocycles. The molecule has 1 aliphatic rings. The lowest BCUT2D eigenvalue weighted by Crippen LogP contribution is -2.50. The van der Waals surface area contributed by atoms with Crippen molar-refractivity contribution in [2.24, 2.45) is 0 Å². The first kappa shape index (κ1) is 24.1. The second-order valence-corrected chi connectivity index (χ2v) is 9.82. The third-order valence-corrected chi connectivity index (χ3v) is 7.12. The van der Waals surface area contributed by atoms with Gasteiger partial charge in [-0.1, -0.05) is 11.6 Å². The molecule has 1 heterocycles. The summed E-state index contributed by atoms with van der Waals surface area (Å²) in [6.45, 7) is 0.837. The quantitative estimate of drug-likeness (QED) is 0.645. The van der Waals surface area contributed by atoms with Gasteiger partial charge in [-0.3, -0.25) is 9.59 Å². The van der Waals surface area contributed by atoms with E-state index in [4.69, 9.17) is 11.6 Å². The average molecular weight is 489 g/mol. The van der Waals surface area contributed by atoms with Crippen molar-refractivity contribution in [2.75, 3.05) is 31.9 Å². The first-order chi connectivity index (χ1) is 15.0. The number of sulfone groups is 1. The molecule has 0 radical (unpaired) electrons. The topological polar surface area (TPSA) is 74.8 Å². The molecule has 0 N–H and O–H groups in total. The van der Waals surface area contributed by atoms with Crippen LogP contribution in [0.3, 0.4) is 0 Å². The van der Waals surface area contributed by atoms with Gasteiger partial charge in [0.05, 0.1) is 16.2 Å². The third kappa shape index (κ3) is 5.80. The average Bonchev–Trinajstić information content (AvgIpc) is 2.77. The zero-order valence-electron chi connectivity index (χ0n) is 16.8. The standard InChI is InChI=1S/C21H20ClF3N2O4S/c22-17-5-7-18(8-6-17)32(30,31)14-9-19(28)26-10-12-27(13-11-26)20(29)15-1-3-16(4-2-15)21(23,24)25/h1-8H,9-14H2. The number of hydrogen-bond acceptors (Lipinski definition) is 4. The largest absolute Gasteiger partial charge is 0.416 e. The van der Waals surface area contributed by atoms with Crippen molar-refractivity contribution in [3.63, 3.8) is 0 Å². The molecule has 0 aliphatic carbocycles. The van der Waals surface area contributed by atoms with E-state index in [1.165, 1.54) is 34.1 Å². The highest BCUT2D eigenvalue weighted by molar-refractivity contribution is 7.91. The van der Waals surface area contributed by atoms with Crippen LogP contribution in [0.25, 0.3) is 0 Å². The van der Waals surface area contributed by atoms with Crippen molar-refractivity contribution >= 4 is 33.3 Å². The number of alkyl halides is 3. The molecule has 0 saturated carbocycles. The number of hydrogen-bond donors (Lipinski definition) is 0. The van der Waals surface area contributed by atoms with Crippen LogP contribution < -0.4 is 0 Å². The minimum Gasteiger partial charge on any atom is -0.339 e. The monoisotopic (exact) mass is 488 g/mol. The van der Waals surface area contributed by atoms with Crippen LogP contribution >= 0.6 is 11.6 Å². The van der Waals surface area contributed by atoms with E-state index in [0.717, 1.165) is 24.3 Å². The number of carbonyl (C=O) groups is 2. The van der Waals surface area contributed by atoms with Gasteiger partial charge in [0.15, 0.2) is 9.84 Å². The van der Waals surface area contributed by atoms with Crippen molar-refractivity contribution in [2.45, 2.75) is 17.5 Å². The Morgan fingerprint density at radius 2 is 1.41 bits per heavy atom. The third-order valence-electron chi connectivity index (χ3n) is 5.14. The predicted octanol–water partition coefficient (Wildman–Crippen LogP) is 3.51. The predicted molar refractivity (Wildman–Crippen MR) is 112 cm³/mol. The van der Waals surface area contributed by atoms with Gasteiger partial charge in [-0.2, -0.15) is 13.2 Å². The molecule has 2 amide bonds. The Bertz CT molecular complexity index is 1080. The smallest absolute Gasteiger partial charge is 0.339 e. The van der Waals surface area contributed by atoms with Crippen LogP contribution in [-0.2, 0) is 20.8 Å². The van der Waals surface area contributed by atoms with Gasteiger partial charge < -0.3 is 9.80 Å². The van der Waals surface area contributed by atoms with E-state index in [-0.39, 0.29) is 54.7 Å². The van der Waals surface area contributed by atoms with Crippen LogP contribution in [0.15, 0.2) is 53.4 Å². The summed E-state index contributed by atoms with van der Waals surface area (Å²) < 4.78 is 62.8. The summed E-state index contributed by atoms with van der Waals surface area (Å²) in [5.41, 5.74) is -0.704. The van der Waals surface area contributed by atoms with E-state index in [2.05, 4.69) is 0 Å². The highest BCUT2D eigenvalue weighted by Crippen LogP contribution is 2.29. The number of carbonyl (C=O) groups excluding carboxylic acids is 2. The SMILES string of the molecule is O=C(CCS(=O)(=O)c1ccc(Cl)cc1)N1CCN(C(=O)c2ccc(C(F)(F)F)cc2)CC1. The normalized spacial score (nSPS) is 15.0. The van der Waals surface area contributed by atoms with E-state index in [1.54, 1.807) is 0 Å².